The molecule has 0 heterocycles. The van der Waals surface area contributed by atoms with E-state index in [0.717, 1.165) is 17.7 Å². The van der Waals surface area contributed by atoms with E-state index in [9.17, 15) is 18.4 Å². The van der Waals surface area contributed by atoms with E-state index in [1.165, 1.54) is 12.1 Å². The zero-order valence-electron chi connectivity index (χ0n) is 12.4. The lowest BCUT2D eigenvalue weighted by Crippen LogP contribution is -2.46. The lowest BCUT2D eigenvalue weighted by atomic mass is 9.80. The van der Waals surface area contributed by atoms with Crippen LogP contribution in [0.2, 0.25) is 0 Å². The van der Waals surface area contributed by atoms with Crippen LogP contribution < -0.4 is 5.32 Å². The first kappa shape index (κ1) is 15.9. The molecule has 0 aliphatic heterocycles. The lowest BCUT2D eigenvalue weighted by Gasteiger charge is -2.30. The van der Waals surface area contributed by atoms with Crippen LogP contribution in [0.25, 0.3) is 11.1 Å². The minimum Gasteiger partial charge on any atom is -0.465 e. The quantitative estimate of drug-likeness (QED) is 0.670. The molecule has 6 heteroatoms. The van der Waals surface area contributed by atoms with Crippen LogP contribution >= 0.6 is 0 Å². The number of aldehydes is 1. The number of hydrogen-bond donors (Lipinski definition) is 2. The first-order valence-electron chi connectivity index (χ1n) is 7.19. The fourth-order valence-corrected chi connectivity index (χ4v) is 2.87. The van der Waals surface area contributed by atoms with Gasteiger partial charge in [-0.05, 0) is 46.9 Å². The smallest absolute Gasteiger partial charge is 0.405 e. The molecule has 24 heavy (non-hydrogen) atoms. The standard InChI is InChI=1S/C18H13F2NO3/c19-15-6-5-13(9-16(15)20)12-4-3-11-2-1-7-18(10-22,14(11)8-12)21-17(23)24/h1,3-10,21H,2H2,(H,23,24)/t18-/m1/s1. The Balaban J connectivity index is 2.14. The number of nitrogens with one attached hydrogen (secondary N) is 1. The van der Waals surface area contributed by atoms with Crippen molar-refractivity contribution in [1.82, 2.24) is 5.32 Å². The third-order valence-electron chi connectivity index (χ3n) is 4.03. The molecule has 1 aliphatic rings. The molecule has 0 saturated carbocycles. The molecule has 1 amide bonds. The summed E-state index contributed by atoms with van der Waals surface area (Å²) in [6.45, 7) is 0. The molecule has 122 valence electrons. The molecular formula is C18H13F2NO3. The Morgan fingerprint density at radius 3 is 2.50 bits per heavy atom. The van der Waals surface area contributed by atoms with E-state index in [0.29, 0.717) is 29.4 Å². The van der Waals surface area contributed by atoms with Gasteiger partial charge in [0.25, 0.3) is 0 Å². The maximum atomic E-state index is 13.5. The number of halogens is 2. The SMILES string of the molecule is O=C[C@]1(NC(=O)O)C=CCc2ccc(-c3ccc(F)c(F)c3)cc21. The van der Waals surface area contributed by atoms with Crippen LogP contribution in [0.5, 0.6) is 0 Å². The fourth-order valence-electron chi connectivity index (χ4n) is 2.87. The molecule has 2 aromatic rings. The average Bonchev–Trinajstić information content (AvgIpc) is 2.56. The van der Waals surface area contributed by atoms with Crippen molar-refractivity contribution in [2.24, 2.45) is 0 Å². The Kier molecular flexibility index (Phi) is 3.89. The van der Waals surface area contributed by atoms with Crippen molar-refractivity contribution in [3.8, 4) is 11.1 Å². The molecule has 0 saturated heterocycles. The lowest BCUT2D eigenvalue weighted by molar-refractivity contribution is -0.112. The summed E-state index contributed by atoms with van der Waals surface area (Å²) in [5.41, 5.74) is 0.755. The second-order valence-corrected chi connectivity index (χ2v) is 5.52. The van der Waals surface area contributed by atoms with Crippen LogP contribution in [0, 0.1) is 11.6 Å². The molecule has 0 radical (unpaired) electrons. The van der Waals surface area contributed by atoms with Gasteiger partial charge in [-0.15, -0.1) is 0 Å². The van der Waals surface area contributed by atoms with Crippen LogP contribution in [-0.4, -0.2) is 17.5 Å². The van der Waals surface area contributed by atoms with Gasteiger partial charge in [0.05, 0.1) is 0 Å². The second kappa shape index (κ2) is 5.88. The van der Waals surface area contributed by atoms with Crippen LogP contribution in [0.3, 0.4) is 0 Å². The first-order valence-corrected chi connectivity index (χ1v) is 7.19. The number of carboxylic acid groups (broad SMARTS) is 1. The molecule has 2 N–H and O–H groups in total. The molecule has 0 aromatic heterocycles. The highest BCUT2D eigenvalue weighted by Crippen LogP contribution is 2.33. The predicted octanol–water partition coefficient (Wildman–Crippen LogP) is 3.41. The van der Waals surface area contributed by atoms with Gasteiger partial charge in [-0.2, -0.15) is 0 Å². The average molecular weight is 329 g/mol. The third-order valence-corrected chi connectivity index (χ3v) is 4.03. The van der Waals surface area contributed by atoms with Gasteiger partial charge in [-0.1, -0.05) is 30.4 Å². The van der Waals surface area contributed by atoms with Crippen molar-refractivity contribution < 1.29 is 23.5 Å². The minimum atomic E-state index is -1.49. The molecule has 1 atom stereocenters. The molecule has 1 aliphatic carbocycles. The van der Waals surface area contributed by atoms with Gasteiger partial charge in [-0.25, -0.2) is 13.6 Å². The van der Waals surface area contributed by atoms with Crippen molar-refractivity contribution in [3.63, 3.8) is 0 Å². The van der Waals surface area contributed by atoms with E-state index in [2.05, 4.69) is 5.32 Å². The van der Waals surface area contributed by atoms with Crippen molar-refractivity contribution in [2.45, 2.75) is 12.0 Å². The molecule has 0 spiro atoms. The number of hydrogen-bond acceptors (Lipinski definition) is 2. The summed E-state index contributed by atoms with van der Waals surface area (Å²) in [4.78, 5) is 22.7. The van der Waals surface area contributed by atoms with Gasteiger partial charge in [0.2, 0.25) is 0 Å². The van der Waals surface area contributed by atoms with Gasteiger partial charge in [0.15, 0.2) is 17.9 Å². The van der Waals surface area contributed by atoms with E-state index < -0.39 is 23.3 Å². The largest absolute Gasteiger partial charge is 0.465 e. The number of fused-ring (bicyclic) bond motifs is 1. The third kappa shape index (κ3) is 2.67. The highest BCUT2D eigenvalue weighted by atomic mass is 19.2. The summed E-state index contributed by atoms with van der Waals surface area (Å²) in [5.74, 6) is -1.93. The van der Waals surface area contributed by atoms with Crippen molar-refractivity contribution in [1.29, 1.82) is 0 Å². The van der Waals surface area contributed by atoms with Crippen LogP contribution in [0.4, 0.5) is 13.6 Å². The normalized spacial score (nSPS) is 18.8. The summed E-state index contributed by atoms with van der Waals surface area (Å²) < 4.78 is 26.6. The molecule has 3 rings (SSSR count). The summed E-state index contributed by atoms with van der Waals surface area (Å²) >= 11 is 0. The van der Waals surface area contributed by atoms with E-state index in [4.69, 9.17) is 5.11 Å². The molecule has 0 unspecified atom stereocenters. The van der Waals surface area contributed by atoms with Gasteiger partial charge in [-0.3, -0.25) is 4.79 Å². The Bertz CT molecular complexity index is 863. The second-order valence-electron chi connectivity index (χ2n) is 5.52. The van der Waals surface area contributed by atoms with Crippen molar-refractivity contribution >= 4 is 12.4 Å². The summed E-state index contributed by atoms with van der Waals surface area (Å²) in [5, 5.41) is 11.3. The van der Waals surface area contributed by atoms with Crippen LogP contribution in [0.1, 0.15) is 11.1 Å². The Morgan fingerprint density at radius 2 is 1.83 bits per heavy atom. The summed E-state index contributed by atoms with van der Waals surface area (Å²) in [6.07, 6.45) is 2.93. The molecule has 0 fully saturated rings. The first-order chi connectivity index (χ1) is 11.4. The van der Waals surface area contributed by atoms with Gasteiger partial charge in [0.1, 0.15) is 5.54 Å². The number of carbonyl (C=O) groups is 2. The maximum absolute atomic E-state index is 13.5. The monoisotopic (exact) mass is 329 g/mol. The summed E-state index contributed by atoms with van der Waals surface area (Å²) in [7, 11) is 0. The Morgan fingerprint density at radius 1 is 1.12 bits per heavy atom. The topological polar surface area (TPSA) is 66.4 Å². The number of rotatable bonds is 3. The van der Waals surface area contributed by atoms with Crippen molar-refractivity contribution in [2.75, 3.05) is 0 Å². The highest BCUT2D eigenvalue weighted by Gasteiger charge is 2.35. The number of allylic oxidation sites excluding steroid dienone is 1. The molecule has 0 bridgehead atoms. The van der Waals surface area contributed by atoms with E-state index in [1.807, 2.05) is 0 Å². The van der Waals surface area contributed by atoms with E-state index in [-0.39, 0.29) is 0 Å². The summed E-state index contributed by atoms with van der Waals surface area (Å²) in [6, 6.07) is 8.59. The number of carbonyl (C=O) groups excluding carboxylic acids is 1. The van der Waals surface area contributed by atoms with Gasteiger partial charge in [0, 0.05) is 0 Å². The number of amides is 1. The molecule has 4 nitrogen and oxygen atoms in total. The van der Waals surface area contributed by atoms with Crippen LogP contribution in [0.15, 0.2) is 48.6 Å². The predicted molar refractivity (Wildman–Crippen MR) is 83.5 cm³/mol. The maximum Gasteiger partial charge on any atom is 0.405 e. The zero-order valence-corrected chi connectivity index (χ0v) is 12.4. The Labute approximate surface area is 136 Å². The van der Waals surface area contributed by atoms with E-state index in [1.54, 1.807) is 24.3 Å². The highest BCUT2D eigenvalue weighted by molar-refractivity contribution is 5.82. The van der Waals surface area contributed by atoms with Gasteiger partial charge >= 0.3 is 6.09 Å². The van der Waals surface area contributed by atoms with E-state index >= 15 is 0 Å². The van der Waals surface area contributed by atoms with Gasteiger partial charge < -0.3 is 10.4 Å². The zero-order chi connectivity index (χ0) is 17.3. The number of benzene rings is 2. The minimum absolute atomic E-state index is 0.432. The molecular weight excluding hydrogens is 316 g/mol. The molecule has 2 aromatic carbocycles. The Hall–Kier alpha value is -3.02. The van der Waals surface area contributed by atoms with Crippen molar-refractivity contribution in [3.05, 3.63) is 71.3 Å². The fraction of sp³-hybridized carbons (Fsp3) is 0.111. The van der Waals surface area contributed by atoms with Crippen LogP contribution in [-0.2, 0) is 16.8 Å².